The maximum absolute atomic E-state index is 7.19. The molecule has 1 aliphatic carbocycles. The molecule has 16 rings (SSSR count). The Balaban J connectivity index is 0.000000163. The fraction of sp³-hybridized carbons (Fsp3) is 0.0213. The fourth-order valence-electron chi connectivity index (χ4n) is 13.3. The third kappa shape index (κ3) is 18.7. The van der Waals surface area contributed by atoms with E-state index in [4.69, 9.17) is 25.7 Å². The van der Waals surface area contributed by atoms with Crippen LogP contribution in [0.1, 0.15) is 33.4 Å². The van der Waals surface area contributed by atoms with E-state index in [-0.39, 0.29) is 89.5 Å². The fourth-order valence-corrected chi connectivity index (χ4v) is 25.3. The molecular formula is C94H69Au4NP4+4. The molecule has 15 aromatic rings. The zero-order chi connectivity index (χ0) is 67.7. The first kappa shape index (κ1) is 78.9. The van der Waals surface area contributed by atoms with E-state index in [0.29, 0.717) is 0 Å². The summed E-state index contributed by atoms with van der Waals surface area (Å²) in [5.74, 6) is 9.64. The summed E-state index contributed by atoms with van der Waals surface area (Å²) in [5.41, 5.74) is 10.3. The van der Waals surface area contributed by atoms with Crippen LogP contribution < -0.4 is 63.7 Å². The van der Waals surface area contributed by atoms with Crippen molar-refractivity contribution in [3.05, 3.63) is 423 Å². The SMILES string of the molecule is [Au+].[Au+].[Au+].[Au+].[C-]#Cc1ccc2c(c1)Cc1cc(C#[C-])ccc1-2.[C-]#Cc1ccc2c3ccc(C#[C-])cc3n(C)c2c1.c1ccc([PH+](c2ccccc2)c2ccccc2[PH+](c2ccccc2)c2ccccc2)cc1.c1ccc([PH+](c2ccccc2)c2ccccc2[PH+](c2ccccc2)c2ccccc2)cc1. The maximum atomic E-state index is 7.19. The van der Waals surface area contributed by atoms with Gasteiger partial charge < -0.3 is 30.3 Å². The van der Waals surface area contributed by atoms with Crippen molar-refractivity contribution in [2.75, 3.05) is 0 Å². The second-order valence-electron chi connectivity index (χ2n) is 24.0. The van der Waals surface area contributed by atoms with Crippen molar-refractivity contribution in [3.63, 3.8) is 0 Å². The van der Waals surface area contributed by atoms with Gasteiger partial charge in [0.15, 0.2) is 0 Å². The van der Waals surface area contributed by atoms with E-state index in [1.54, 1.807) is 0 Å². The summed E-state index contributed by atoms with van der Waals surface area (Å²) in [4.78, 5) is 0. The van der Waals surface area contributed by atoms with Crippen LogP contribution in [0.15, 0.2) is 364 Å². The molecule has 9 heteroatoms. The number of aryl methyl sites for hydroxylation is 1. The quantitative estimate of drug-likeness (QED) is 0.0497. The monoisotopic (exact) mass is 2120 g/mol. The minimum Gasteiger partial charge on any atom is -0.366 e. The van der Waals surface area contributed by atoms with Gasteiger partial charge >= 0.3 is 89.5 Å². The van der Waals surface area contributed by atoms with Crippen LogP contribution in [0.25, 0.3) is 32.9 Å². The molecule has 0 saturated carbocycles. The first-order valence-corrected chi connectivity index (χ1v) is 39.0. The minimum absolute atomic E-state index is 0. The van der Waals surface area contributed by atoms with E-state index in [2.05, 4.69) is 319 Å². The van der Waals surface area contributed by atoms with Crippen LogP contribution in [0, 0.1) is 49.4 Å². The first-order valence-electron chi connectivity index (χ1n) is 33.0. The van der Waals surface area contributed by atoms with Gasteiger partial charge in [-0.15, -0.1) is 70.8 Å². The van der Waals surface area contributed by atoms with Gasteiger partial charge in [-0.25, -0.2) is 0 Å². The predicted molar refractivity (Wildman–Crippen MR) is 433 cm³/mol. The van der Waals surface area contributed by atoms with E-state index in [0.717, 1.165) is 50.5 Å². The average molecular weight is 2120 g/mol. The number of rotatable bonds is 12. The number of aromatic nitrogens is 1. The summed E-state index contributed by atoms with van der Waals surface area (Å²) >= 11 is 0. The third-order valence-corrected chi connectivity index (χ3v) is 29.6. The molecule has 0 aliphatic heterocycles. The maximum Gasteiger partial charge on any atom is 1.00 e. The van der Waals surface area contributed by atoms with Crippen molar-refractivity contribution in [2.45, 2.75) is 6.42 Å². The Morgan fingerprint density at radius 2 is 0.437 bits per heavy atom. The van der Waals surface area contributed by atoms with E-state index >= 15 is 0 Å². The summed E-state index contributed by atoms with van der Waals surface area (Å²) < 4.78 is 2.08. The molecule has 0 N–H and O–H groups in total. The Bertz CT molecular complexity index is 4720. The van der Waals surface area contributed by atoms with Crippen LogP contribution in [0.4, 0.5) is 0 Å². The Hall–Kier alpha value is -8.20. The van der Waals surface area contributed by atoms with Gasteiger partial charge in [0.1, 0.15) is 95.3 Å². The van der Waals surface area contributed by atoms with Gasteiger partial charge in [0.25, 0.3) is 0 Å². The topological polar surface area (TPSA) is 4.93 Å². The minimum atomic E-state index is -1.14. The summed E-state index contributed by atoms with van der Waals surface area (Å²) in [6.07, 6.45) is 29.6. The van der Waals surface area contributed by atoms with Gasteiger partial charge in [-0.05, 0) is 139 Å². The van der Waals surface area contributed by atoms with Crippen LogP contribution >= 0.6 is 31.7 Å². The number of fused-ring (bicyclic) bond motifs is 6. The molecule has 1 aliphatic rings. The molecule has 0 unspecified atom stereocenters. The number of hydrogen-bond donors (Lipinski definition) is 0. The van der Waals surface area contributed by atoms with Crippen molar-refractivity contribution in [1.82, 2.24) is 4.57 Å². The Kier molecular flexibility index (Phi) is 29.9. The normalized spacial score (nSPS) is 10.5. The standard InChI is InChI=1S/2C30H24P2.C17H9N.C17H8.4Au/c2*1-5-15-25(16-6-1)31(26-17-7-2-8-18-26)29-23-13-14-24-30(29)32(27-19-9-3-10-20-27)28-21-11-4-12-22-28;1-4-12-6-8-14-15-9-7-13(5-2)11-17(15)18(3)16(14)10-12;1-3-12-5-7-16-14(9-12)11-15-10-13(4-2)6-8-17(15)16;;;;/h2*1-24H;6-11H,3H3;5-10H,11H2;;;;/q;;2*-2;4*+1/p+4. The molecule has 103 heavy (non-hydrogen) atoms. The number of benzene rings is 14. The molecule has 0 amide bonds. The Morgan fingerprint density at radius 3 is 0.650 bits per heavy atom. The first-order chi connectivity index (χ1) is 48.9. The largest absolute Gasteiger partial charge is 1.00 e. The van der Waals surface area contributed by atoms with Crippen molar-refractivity contribution in [2.24, 2.45) is 7.05 Å². The molecule has 0 atom stereocenters. The molecule has 0 fully saturated rings. The van der Waals surface area contributed by atoms with Crippen molar-refractivity contribution < 1.29 is 89.5 Å². The molecule has 14 aromatic carbocycles. The Labute approximate surface area is 675 Å². The molecule has 0 spiro atoms. The number of nitrogens with zero attached hydrogens (tertiary/aromatic N) is 1. The Morgan fingerprint density at radius 1 is 0.243 bits per heavy atom. The summed E-state index contributed by atoms with van der Waals surface area (Å²) in [5, 5.41) is 19.7. The van der Waals surface area contributed by atoms with Crippen LogP contribution in [0.3, 0.4) is 0 Å². The average Bonchev–Trinajstić information content (AvgIpc) is 1.74. The molecule has 510 valence electrons. The second-order valence-corrected chi connectivity index (χ2v) is 33.7. The molecule has 0 radical (unpaired) electrons. The smallest absolute Gasteiger partial charge is 0.366 e. The van der Waals surface area contributed by atoms with Gasteiger partial charge in [-0.1, -0.05) is 205 Å². The van der Waals surface area contributed by atoms with Crippen LogP contribution in [0.2, 0.25) is 0 Å². The van der Waals surface area contributed by atoms with Crippen LogP contribution in [-0.2, 0) is 103 Å². The van der Waals surface area contributed by atoms with Gasteiger partial charge in [-0.3, -0.25) is 23.7 Å². The van der Waals surface area contributed by atoms with Crippen LogP contribution in [0.5, 0.6) is 0 Å². The zero-order valence-corrected chi connectivity index (χ0v) is 68.7. The van der Waals surface area contributed by atoms with Gasteiger partial charge in [0, 0.05) is 28.9 Å². The van der Waals surface area contributed by atoms with Gasteiger partial charge in [-0.2, -0.15) is 0 Å². The summed E-state index contributed by atoms with van der Waals surface area (Å²) in [6.45, 7) is 0. The van der Waals surface area contributed by atoms with E-state index in [9.17, 15) is 0 Å². The zero-order valence-electron chi connectivity index (χ0n) is 56.0. The van der Waals surface area contributed by atoms with E-state index < -0.39 is 31.7 Å². The van der Waals surface area contributed by atoms with E-state index in [1.165, 1.54) is 85.9 Å². The van der Waals surface area contributed by atoms with Crippen LogP contribution in [-0.4, -0.2) is 4.57 Å². The molecule has 0 saturated heterocycles. The summed E-state index contributed by atoms with van der Waals surface area (Å²) in [7, 11) is -2.57. The molecular weight excluding hydrogens is 2050 g/mol. The molecule has 1 aromatic heterocycles. The van der Waals surface area contributed by atoms with Gasteiger partial charge in [0.05, 0.1) is 0 Å². The second kappa shape index (κ2) is 39.1. The van der Waals surface area contributed by atoms with Crippen molar-refractivity contribution >= 4 is 117 Å². The molecule has 0 bridgehead atoms. The van der Waals surface area contributed by atoms with E-state index in [1.807, 2.05) is 79.8 Å². The summed E-state index contributed by atoms with van der Waals surface area (Å²) in [6, 6.07) is 131. The third-order valence-electron chi connectivity index (χ3n) is 17.9. The van der Waals surface area contributed by atoms with Gasteiger partial charge in [0.2, 0.25) is 0 Å². The predicted octanol–water partition coefficient (Wildman–Crippen LogP) is 15.7. The van der Waals surface area contributed by atoms with Crippen molar-refractivity contribution in [3.8, 4) is 34.8 Å². The van der Waals surface area contributed by atoms with Crippen molar-refractivity contribution in [1.29, 1.82) is 0 Å². The molecule has 1 heterocycles. The molecule has 1 nitrogen and oxygen atoms in total. The number of hydrogen-bond acceptors (Lipinski definition) is 0.